The van der Waals surface area contributed by atoms with Crippen molar-refractivity contribution in [2.75, 3.05) is 5.75 Å². The van der Waals surface area contributed by atoms with Crippen molar-refractivity contribution in [3.63, 3.8) is 0 Å². The van der Waals surface area contributed by atoms with E-state index in [2.05, 4.69) is 4.98 Å². The third-order valence-electron chi connectivity index (χ3n) is 4.30. The summed E-state index contributed by atoms with van der Waals surface area (Å²) in [5, 5.41) is 10.2. The molecular formula is C18H16N2O3S2. The number of aliphatic carboxylic acids is 1. The average Bonchev–Trinajstić information content (AvgIpc) is 2.99. The Hall–Kier alpha value is -2.12. The van der Waals surface area contributed by atoms with E-state index in [1.165, 1.54) is 4.88 Å². The first-order chi connectivity index (χ1) is 12.1. The number of nitrogens with zero attached hydrogens (tertiary/aromatic N) is 2. The Morgan fingerprint density at radius 2 is 2.00 bits per heavy atom. The molecule has 0 saturated carbocycles. The van der Waals surface area contributed by atoms with Crippen LogP contribution in [-0.4, -0.2) is 26.4 Å². The summed E-state index contributed by atoms with van der Waals surface area (Å²) in [5.74, 6) is -1.06. The second-order valence-corrected chi connectivity index (χ2v) is 7.97. The van der Waals surface area contributed by atoms with E-state index in [1.807, 2.05) is 30.3 Å². The number of rotatable bonds is 4. The van der Waals surface area contributed by atoms with Crippen LogP contribution in [0.2, 0.25) is 0 Å². The SMILES string of the molecule is O=C(O)CSc1nc2sc3c(c2c(=O)n1-c1ccccc1)CCCC3. The molecule has 1 aliphatic rings. The van der Waals surface area contributed by atoms with Gasteiger partial charge in [-0.25, -0.2) is 4.98 Å². The van der Waals surface area contributed by atoms with Crippen LogP contribution in [0.1, 0.15) is 23.3 Å². The molecule has 4 rings (SSSR count). The second-order valence-electron chi connectivity index (χ2n) is 5.94. The number of fused-ring (bicyclic) bond motifs is 3. The number of thioether (sulfide) groups is 1. The number of aryl methyl sites for hydroxylation is 2. The van der Waals surface area contributed by atoms with Crippen LogP contribution in [0.3, 0.4) is 0 Å². The van der Waals surface area contributed by atoms with Crippen LogP contribution in [0.5, 0.6) is 0 Å². The molecule has 2 heterocycles. The Morgan fingerprint density at radius 1 is 1.24 bits per heavy atom. The maximum Gasteiger partial charge on any atom is 0.313 e. The molecule has 0 aliphatic heterocycles. The summed E-state index contributed by atoms with van der Waals surface area (Å²) in [4.78, 5) is 31.0. The zero-order valence-corrected chi connectivity index (χ0v) is 15.0. The molecule has 3 aromatic rings. The predicted molar refractivity (Wildman–Crippen MR) is 100 cm³/mol. The van der Waals surface area contributed by atoms with Gasteiger partial charge in [-0.2, -0.15) is 0 Å². The van der Waals surface area contributed by atoms with E-state index in [9.17, 15) is 9.59 Å². The lowest BCUT2D eigenvalue weighted by molar-refractivity contribution is -0.133. The Labute approximate surface area is 152 Å². The zero-order chi connectivity index (χ0) is 17.4. The molecule has 0 atom stereocenters. The first-order valence-electron chi connectivity index (χ1n) is 8.12. The average molecular weight is 372 g/mol. The number of para-hydroxylation sites is 1. The Morgan fingerprint density at radius 3 is 2.76 bits per heavy atom. The first kappa shape index (κ1) is 16.4. The van der Waals surface area contributed by atoms with E-state index in [4.69, 9.17) is 5.11 Å². The number of aromatic nitrogens is 2. The topological polar surface area (TPSA) is 72.2 Å². The van der Waals surface area contributed by atoms with Crippen molar-refractivity contribution in [2.45, 2.75) is 30.8 Å². The van der Waals surface area contributed by atoms with E-state index in [1.54, 1.807) is 15.9 Å². The lowest BCUT2D eigenvalue weighted by Crippen LogP contribution is -2.22. The summed E-state index contributed by atoms with van der Waals surface area (Å²) < 4.78 is 1.55. The van der Waals surface area contributed by atoms with Gasteiger partial charge in [0.15, 0.2) is 5.16 Å². The number of benzene rings is 1. The Kier molecular flexibility index (Phi) is 4.35. The molecule has 2 aromatic heterocycles. The summed E-state index contributed by atoms with van der Waals surface area (Å²) >= 11 is 2.66. The highest BCUT2D eigenvalue weighted by molar-refractivity contribution is 7.99. The fourth-order valence-corrected chi connectivity index (χ4v) is 5.25. The molecule has 7 heteroatoms. The van der Waals surface area contributed by atoms with Crippen LogP contribution < -0.4 is 5.56 Å². The van der Waals surface area contributed by atoms with Gasteiger partial charge in [0.25, 0.3) is 5.56 Å². The molecule has 0 bridgehead atoms. The molecule has 5 nitrogen and oxygen atoms in total. The number of hydrogen-bond acceptors (Lipinski definition) is 5. The molecule has 0 saturated heterocycles. The highest BCUT2D eigenvalue weighted by Gasteiger charge is 2.23. The molecule has 25 heavy (non-hydrogen) atoms. The quantitative estimate of drug-likeness (QED) is 0.560. The molecule has 0 unspecified atom stereocenters. The van der Waals surface area contributed by atoms with Gasteiger partial charge in [0.05, 0.1) is 16.8 Å². The summed E-state index contributed by atoms with van der Waals surface area (Å²) in [6, 6.07) is 9.30. The van der Waals surface area contributed by atoms with Gasteiger partial charge in [0.1, 0.15) is 4.83 Å². The molecule has 0 radical (unpaired) electrons. The van der Waals surface area contributed by atoms with E-state index < -0.39 is 5.97 Å². The van der Waals surface area contributed by atoms with Crippen LogP contribution in [0.4, 0.5) is 0 Å². The minimum atomic E-state index is -0.926. The van der Waals surface area contributed by atoms with Crippen LogP contribution in [0.15, 0.2) is 40.3 Å². The number of thiophene rings is 1. The van der Waals surface area contributed by atoms with E-state index in [0.29, 0.717) is 16.2 Å². The maximum atomic E-state index is 13.3. The normalized spacial score (nSPS) is 13.8. The van der Waals surface area contributed by atoms with Crippen molar-refractivity contribution in [1.29, 1.82) is 0 Å². The summed E-state index contributed by atoms with van der Waals surface area (Å²) in [7, 11) is 0. The van der Waals surface area contributed by atoms with Gasteiger partial charge < -0.3 is 5.11 Å². The Bertz CT molecular complexity index is 1010. The van der Waals surface area contributed by atoms with Gasteiger partial charge in [-0.1, -0.05) is 30.0 Å². The van der Waals surface area contributed by atoms with E-state index in [-0.39, 0.29) is 11.3 Å². The van der Waals surface area contributed by atoms with Gasteiger partial charge in [0.2, 0.25) is 0 Å². The predicted octanol–water partition coefficient (Wildman–Crippen LogP) is 3.50. The molecular weight excluding hydrogens is 356 g/mol. The maximum absolute atomic E-state index is 13.3. The van der Waals surface area contributed by atoms with Gasteiger partial charge in [-0.15, -0.1) is 11.3 Å². The third kappa shape index (κ3) is 2.98. The van der Waals surface area contributed by atoms with Crippen LogP contribution in [-0.2, 0) is 17.6 Å². The standard InChI is InChI=1S/C18H16N2O3S2/c21-14(22)10-24-18-19-16-15(12-8-4-5-9-13(12)25-16)17(23)20(18)11-6-2-1-3-7-11/h1-3,6-7H,4-5,8-10H2,(H,21,22). The minimum absolute atomic E-state index is 0.0940. The van der Waals surface area contributed by atoms with Crippen molar-refractivity contribution < 1.29 is 9.90 Å². The minimum Gasteiger partial charge on any atom is -0.481 e. The molecule has 1 aliphatic carbocycles. The zero-order valence-electron chi connectivity index (χ0n) is 13.4. The molecule has 0 amide bonds. The van der Waals surface area contributed by atoms with Gasteiger partial charge >= 0.3 is 5.97 Å². The number of carbonyl (C=O) groups is 1. The van der Waals surface area contributed by atoms with E-state index >= 15 is 0 Å². The van der Waals surface area contributed by atoms with Crippen molar-refractivity contribution in [2.24, 2.45) is 0 Å². The summed E-state index contributed by atoms with van der Waals surface area (Å²) in [5.41, 5.74) is 1.76. The lowest BCUT2D eigenvalue weighted by atomic mass is 9.97. The van der Waals surface area contributed by atoms with E-state index in [0.717, 1.165) is 47.8 Å². The van der Waals surface area contributed by atoms with Crippen molar-refractivity contribution in [1.82, 2.24) is 9.55 Å². The van der Waals surface area contributed by atoms with Crippen molar-refractivity contribution >= 4 is 39.3 Å². The van der Waals surface area contributed by atoms with Gasteiger partial charge in [-0.3, -0.25) is 14.2 Å². The second kappa shape index (κ2) is 6.65. The summed E-state index contributed by atoms with van der Waals surface area (Å²) in [6.07, 6.45) is 4.16. The van der Waals surface area contributed by atoms with Crippen LogP contribution in [0.25, 0.3) is 15.9 Å². The van der Waals surface area contributed by atoms with Crippen LogP contribution >= 0.6 is 23.1 Å². The van der Waals surface area contributed by atoms with Crippen LogP contribution in [0, 0.1) is 0 Å². The third-order valence-corrected chi connectivity index (χ3v) is 6.41. The molecule has 1 aromatic carbocycles. The lowest BCUT2D eigenvalue weighted by Gasteiger charge is -2.13. The largest absolute Gasteiger partial charge is 0.481 e. The monoisotopic (exact) mass is 372 g/mol. The first-order valence-corrected chi connectivity index (χ1v) is 9.92. The Balaban J connectivity index is 1.98. The van der Waals surface area contributed by atoms with Gasteiger partial charge in [-0.05, 0) is 43.4 Å². The summed E-state index contributed by atoms with van der Waals surface area (Å²) in [6.45, 7) is 0. The smallest absolute Gasteiger partial charge is 0.313 e. The highest BCUT2D eigenvalue weighted by Crippen LogP contribution is 2.35. The fourth-order valence-electron chi connectivity index (χ4n) is 3.21. The number of carboxylic acid groups (broad SMARTS) is 1. The molecule has 0 spiro atoms. The molecule has 1 N–H and O–H groups in total. The van der Waals surface area contributed by atoms with Crippen molar-refractivity contribution in [3.8, 4) is 5.69 Å². The highest BCUT2D eigenvalue weighted by atomic mass is 32.2. The molecule has 0 fully saturated rings. The fraction of sp³-hybridized carbons (Fsp3) is 0.278. The molecule has 128 valence electrons. The van der Waals surface area contributed by atoms with Crippen molar-refractivity contribution in [3.05, 3.63) is 51.1 Å². The van der Waals surface area contributed by atoms with Gasteiger partial charge in [0, 0.05) is 4.88 Å². The number of hydrogen-bond donors (Lipinski definition) is 1. The number of carboxylic acids is 1.